The van der Waals surface area contributed by atoms with Crippen LogP contribution in [0.5, 0.6) is 0 Å². The van der Waals surface area contributed by atoms with Crippen molar-refractivity contribution in [2.45, 2.75) is 38.3 Å². The number of hydrogen-bond acceptors (Lipinski definition) is 4. The minimum Gasteiger partial charge on any atom is -0.467 e. The maximum Gasteiger partial charge on any atom is 0.317 e. The third-order valence-corrected chi connectivity index (χ3v) is 4.55. The molecule has 1 N–H and O–H groups in total. The number of methoxy groups -OCH3 is 1. The van der Waals surface area contributed by atoms with Crippen LogP contribution < -0.4 is 5.32 Å². The van der Waals surface area contributed by atoms with Gasteiger partial charge in [0.1, 0.15) is 5.76 Å². The van der Waals surface area contributed by atoms with Crippen LogP contribution in [0.25, 0.3) is 0 Å². The van der Waals surface area contributed by atoms with E-state index in [0.717, 1.165) is 18.6 Å². The third kappa shape index (κ3) is 4.74. The van der Waals surface area contributed by atoms with Crippen molar-refractivity contribution < 1.29 is 18.7 Å². The van der Waals surface area contributed by atoms with Crippen molar-refractivity contribution in [3.05, 3.63) is 24.2 Å². The number of amides is 3. The summed E-state index contributed by atoms with van der Waals surface area (Å²) in [5.74, 6) is 0.872. The Bertz CT molecular complexity index is 524. The molecule has 1 atom stereocenters. The summed E-state index contributed by atoms with van der Waals surface area (Å²) < 4.78 is 10.3. The van der Waals surface area contributed by atoms with E-state index < -0.39 is 0 Å². The van der Waals surface area contributed by atoms with E-state index in [2.05, 4.69) is 5.32 Å². The van der Waals surface area contributed by atoms with Gasteiger partial charge in [-0.25, -0.2) is 4.79 Å². The molecule has 0 radical (unpaired) electrons. The summed E-state index contributed by atoms with van der Waals surface area (Å²) in [5, 5.41) is 3.05. The van der Waals surface area contributed by atoms with Crippen LogP contribution in [0.3, 0.4) is 0 Å². The molecule has 24 heavy (non-hydrogen) atoms. The minimum atomic E-state index is -0.129. The van der Waals surface area contributed by atoms with Crippen LogP contribution in [0.1, 0.15) is 38.0 Å². The first-order valence-corrected chi connectivity index (χ1v) is 8.36. The van der Waals surface area contributed by atoms with E-state index in [1.165, 1.54) is 0 Å². The monoisotopic (exact) mass is 337 g/mol. The van der Waals surface area contributed by atoms with Gasteiger partial charge in [-0.2, -0.15) is 0 Å². The summed E-state index contributed by atoms with van der Waals surface area (Å²) in [7, 11) is 3.35. The van der Waals surface area contributed by atoms with Gasteiger partial charge in [0.2, 0.25) is 5.91 Å². The van der Waals surface area contributed by atoms with Crippen molar-refractivity contribution >= 4 is 11.9 Å². The molecule has 1 aromatic heterocycles. The molecule has 1 aromatic rings. The zero-order valence-electron chi connectivity index (χ0n) is 14.7. The Morgan fingerprint density at radius 3 is 2.75 bits per heavy atom. The van der Waals surface area contributed by atoms with Crippen LogP contribution in [0.15, 0.2) is 22.8 Å². The normalized spacial score (nSPS) is 16.7. The largest absolute Gasteiger partial charge is 0.467 e. The highest BCUT2D eigenvalue weighted by Gasteiger charge is 2.26. The molecule has 1 aliphatic rings. The number of nitrogens with zero attached hydrogens (tertiary/aromatic N) is 2. The molecule has 0 aliphatic carbocycles. The van der Waals surface area contributed by atoms with E-state index in [4.69, 9.17) is 9.15 Å². The van der Waals surface area contributed by atoms with Crippen LogP contribution >= 0.6 is 0 Å². The average Bonchev–Trinajstić information content (AvgIpc) is 3.13. The second-order valence-corrected chi connectivity index (χ2v) is 6.15. The molecule has 2 heterocycles. The van der Waals surface area contributed by atoms with E-state index in [9.17, 15) is 9.59 Å². The fourth-order valence-corrected chi connectivity index (χ4v) is 2.79. The SMILES string of the molecule is COCCC(=O)N1CCC(NC(=O)N(C)C(C)c2ccco2)CC1. The number of nitrogens with one attached hydrogen (secondary N) is 1. The van der Waals surface area contributed by atoms with E-state index in [1.807, 2.05) is 24.0 Å². The van der Waals surface area contributed by atoms with Gasteiger partial charge < -0.3 is 24.3 Å². The number of carbonyl (C=O) groups excluding carboxylic acids is 2. The van der Waals surface area contributed by atoms with Crippen LogP contribution in [0, 0.1) is 0 Å². The van der Waals surface area contributed by atoms with Crippen LogP contribution in [0.2, 0.25) is 0 Å². The van der Waals surface area contributed by atoms with Crippen molar-refractivity contribution in [3.63, 3.8) is 0 Å². The van der Waals surface area contributed by atoms with Crippen molar-refractivity contribution in [2.24, 2.45) is 0 Å². The van der Waals surface area contributed by atoms with Crippen LogP contribution in [-0.2, 0) is 9.53 Å². The average molecular weight is 337 g/mol. The van der Waals surface area contributed by atoms with Gasteiger partial charge in [-0.05, 0) is 31.9 Å². The van der Waals surface area contributed by atoms with Gasteiger partial charge in [-0.3, -0.25) is 4.79 Å². The van der Waals surface area contributed by atoms with Gasteiger partial charge in [-0.15, -0.1) is 0 Å². The molecule has 0 aromatic carbocycles. The van der Waals surface area contributed by atoms with Crippen LogP contribution in [0.4, 0.5) is 4.79 Å². The van der Waals surface area contributed by atoms with Gasteiger partial charge in [0.15, 0.2) is 0 Å². The molecule has 0 bridgehead atoms. The molecule has 1 unspecified atom stereocenters. The summed E-state index contributed by atoms with van der Waals surface area (Å²) in [6.45, 7) is 3.72. The molecule has 7 nitrogen and oxygen atoms in total. The lowest BCUT2D eigenvalue weighted by Gasteiger charge is -2.34. The maximum absolute atomic E-state index is 12.4. The first-order chi connectivity index (χ1) is 11.5. The third-order valence-electron chi connectivity index (χ3n) is 4.55. The Labute approximate surface area is 142 Å². The summed E-state index contributed by atoms with van der Waals surface area (Å²) in [6.07, 6.45) is 3.56. The number of furan rings is 1. The van der Waals surface area contributed by atoms with Crippen LogP contribution in [-0.4, -0.2) is 61.6 Å². The predicted octanol–water partition coefficient (Wildman–Crippen LogP) is 2.01. The number of carbonyl (C=O) groups is 2. The first-order valence-electron chi connectivity index (χ1n) is 8.36. The smallest absolute Gasteiger partial charge is 0.317 e. The van der Waals surface area contributed by atoms with E-state index in [-0.39, 0.29) is 24.0 Å². The summed E-state index contributed by atoms with van der Waals surface area (Å²) >= 11 is 0. The van der Waals surface area contributed by atoms with Gasteiger partial charge in [0, 0.05) is 33.3 Å². The van der Waals surface area contributed by atoms with E-state index >= 15 is 0 Å². The Balaban J connectivity index is 1.76. The Morgan fingerprint density at radius 1 is 1.46 bits per heavy atom. The zero-order valence-corrected chi connectivity index (χ0v) is 14.7. The van der Waals surface area contributed by atoms with Gasteiger partial charge in [0.05, 0.1) is 25.3 Å². The fraction of sp³-hybridized carbons (Fsp3) is 0.647. The lowest BCUT2D eigenvalue weighted by Crippen LogP contribution is -2.49. The molecule has 134 valence electrons. The Morgan fingerprint density at radius 2 is 2.17 bits per heavy atom. The van der Waals surface area contributed by atoms with E-state index in [0.29, 0.717) is 26.1 Å². The maximum atomic E-state index is 12.4. The quantitative estimate of drug-likeness (QED) is 0.862. The lowest BCUT2D eigenvalue weighted by molar-refractivity contribution is -0.133. The predicted molar refractivity (Wildman–Crippen MR) is 89.5 cm³/mol. The molecular weight excluding hydrogens is 310 g/mol. The zero-order chi connectivity index (χ0) is 17.5. The number of ether oxygens (including phenoxy) is 1. The molecule has 2 rings (SSSR count). The van der Waals surface area contributed by atoms with Crippen molar-refractivity contribution in [3.8, 4) is 0 Å². The number of urea groups is 1. The van der Waals surface area contributed by atoms with Gasteiger partial charge in [0.25, 0.3) is 0 Å². The number of rotatable bonds is 6. The molecule has 0 saturated carbocycles. The number of hydrogen-bond donors (Lipinski definition) is 1. The highest BCUT2D eigenvalue weighted by molar-refractivity contribution is 5.76. The topological polar surface area (TPSA) is 75.0 Å². The van der Waals surface area contributed by atoms with E-state index in [1.54, 1.807) is 25.3 Å². The summed E-state index contributed by atoms with van der Waals surface area (Å²) in [5.41, 5.74) is 0. The fourth-order valence-electron chi connectivity index (χ4n) is 2.79. The van der Waals surface area contributed by atoms with Gasteiger partial charge in [-0.1, -0.05) is 0 Å². The highest BCUT2D eigenvalue weighted by atomic mass is 16.5. The molecule has 7 heteroatoms. The molecule has 1 saturated heterocycles. The minimum absolute atomic E-state index is 0.0928. The first kappa shape index (κ1) is 18.3. The Kier molecular flexibility index (Phi) is 6.66. The molecule has 0 spiro atoms. The molecule has 1 fully saturated rings. The van der Waals surface area contributed by atoms with Gasteiger partial charge >= 0.3 is 6.03 Å². The van der Waals surface area contributed by atoms with Crippen molar-refractivity contribution in [2.75, 3.05) is 33.9 Å². The lowest BCUT2D eigenvalue weighted by atomic mass is 10.0. The van der Waals surface area contributed by atoms with Crippen molar-refractivity contribution in [1.82, 2.24) is 15.1 Å². The number of piperidine rings is 1. The standard InChI is InChI=1S/C17H27N3O4/c1-13(15-5-4-11-24-15)19(2)17(22)18-14-6-9-20(10-7-14)16(21)8-12-23-3/h4-5,11,13-14H,6-10,12H2,1-3H3,(H,18,22). The number of likely N-dealkylation sites (tertiary alicyclic amines) is 1. The summed E-state index contributed by atoms with van der Waals surface area (Å²) in [4.78, 5) is 27.8. The second-order valence-electron chi connectivity index (χ2n) is 6.15. The molecule has 3 amide bonds. The molecule has 1 aliphatic heterocycles. The Hall–Kier alpha value is -2.02. The summed E-state index contributed by atoms with van der Waals surface area (Å²) in [6, 6.07) is 3.51. The second kappa shape index (κ2) is 8.73. The van der Waals surface area contributed by atoms with Crippen molar-refractivity contribution in [1.29, 1.82) is 0 Å². The highest BCUT2D eigenvalue weighted by Crippen LogP contribution is 2.19. The molecular formula is C17H27N3O4.